The van der Waals surface area contributed by atoms with E-state index in [2.05, 4.69) is 32.1 Å². The van der Waals surface area contributed by atoms with Crippen molar-refractivity contribution in [2.24, 2.45) is 5.41 Å². The molecule has 2 aliphatic carbocycles. The summed E-state index contributed by atoms with van der Waals surface area (Å²) in [6, 6.07) is 0. The van der Waals surface area contributed by atoms with Gasteiger partial charge in [0.25, 0.3) is 0 Å². The Bertz CT molecular complexity index is 357. The first kappa shape index (κ1) is 9.45. The van der Waals surface area contributed by atoms with E-state index in [9.17, 15) is 4.79 Å². The number of carbonyl (C=O) groups is 1. The molecule has 0 amide bonds. The van der Waals surface area contributed by atoms with Gasteiger partial charge in [-0.15, -0.1) is 0 Å². The van der Waals surface area contributed by atoms with Crippen LogP contribution in [-0.4, -0.2) is 5.78 Å². The van der Waals surface area contributed by atoms with Gasteiger partial charge in [-0.1, -0.05) is 38.2 Å². The van der Waals surface area contributed by atoms with Gasteiger partial charge in [-0.05, 0) is 23.8 Å². The SMILES string of the molecule is CCC1(C)CC(=O)C2=C1C=CC=CC2. The van der Waals surface area contributed by atoms with E-state index < -0.39 is 0 Å². The lowest BCUT2D eigenvalue weighted by Gasteiger charge is -2.23. The van der Waals surface area contributed by atoms with E-state index in [0.717, 1.165) is 18.4 Å². The van der Waals surface area contributed by atoms with Crippen molar-refractivity contribution >= 4 is 5.78 Å². The van der Waals surface area contributed by atoms with E-state index in [1.165, 1.54) is 5.57 Å². The number of carbonyl (C=O) groups excluding carboxylic acids is 1. The first-order valence-electron chi connectivity index (χ1n) is 5.27. The average Bonchev–Trinajstić information content (AvgIpc) is 2.39. The molecule has 0 aromatic carbocycles. The number of ketones is 1. The molecule has 0 aromatic heterocycles. The number of hydrogen-bond acceptors (Lipinski definition) is 1. The minimum Gasteiger partial charge on any atom is -0.294 e. The van der Waals surface area contributed by atoms with E-state index in [1.54, 1.807) is 0 Å². The highest BCUT2D eigenvalue weighted by Gasteiger charge is 2.38. The summed E-state index contributed by atoms with van der Waals surface area (Å²) < 4.78 is 0. The second kappa shape index (κ2) is 3.23. The van der Waals surface area contributed by atoms with Gasteiger partial charge >= 0.3 is 0 Å². The third-order valence-electron chi connectivity index (χ3n) is 3.48. The summed E-state index contributed by atoms with van der Waals surface area (Å²) in [6.45, 7) is 4.36. The van der Waals surface area contributed by atoms with Crippen LogP contribution < -0.4 is 0 Å². The molecule has 0 bridgehead atoms. The third-order valence-corrected chi connectivity index (χ3v) is 3.48. The van der Waals surface area contributed by atoms with Crippen molar-refractivity contribution in [1.29, 1.82) is 0 Å². The van der Waals surface area contributed by atoms with Gasteiger partial charge < -0.3 is 0 Å². The van der Waals surface area contributed by atoms with Crippen LogP contribution in [0, 0.1) is 5.41 Å². The van der Waals surface area contributed by atoms with E-state index in [4.69, 9.17) is 0 Å². The molecule has 2 rings (SSSR count). The molecule has 0 N–H and O–H groups in total. The Morgan fingerprint density at radius 2 is 2.21 bits per heavy atom. The van der Waals surface area contributed by atoms with Crippen molar-refractivity contribution in [3.8, 4) is 0 Å². The van der Waals surface area contributed by atoms with Crippen LogP contribution in [0.15, 0.2) is 35.5 Å². The summed E-state index contributed by atoms with van der Waals surface area (Å²) in [5, 5.41) is 0. The van der Waals surface area contributed by atoms with Gasteiger partial charge in [-0.25, -0.2) is 0 Å². The van der Waals surface area contributed by atoms with Crippen LogP contribution in [0.5, 0.6) is 0 Å². The molecule has 0 radical (unpaired) electrons. The van der Waals surface area contributed by atoms with E-state index in [-0.39, 0.29) is 5.41 Å². The molecule has 0 aliphatic heterocycles. The molecular weight excluding hydrogens is 172 g/mol. The Morgan fingerprint density at radius 1 is 1.43 bits per heavy atom. The van der Waals surface area contributed by atoms with Crippen molar-refractivity contribution in [2.45, 2.75) is 33.1 Å². The second-order valence-electron chi connectivity index (χ2n) is 4.40. The van der Waals surface area contributed by atoms with Crippen LogP contribution in [0.1, 0.15) is 33.1 Å². The van der Waals surface area contributed by atoms with Gasteiger partial charge in [0.15, 0.2) is 5.78 Å². The Morgan fingerprint density at radius 3 is 2.93 bits per heavy atom. The summed E-state index contributed by atoms with van der Waals surface area (Å²) in [6.07, 6.45) is 10.8. The molecule has 14 heavy (non-hydrogen) atoms. The molecule has 0 fully saturated rings. The van der Waals surface area contributed by atoms with E-state index in [0.29, 0.717) is 12.2 Å². The number of allylic oxidation sites excluding steroid dienone is 6. The molecule has 1 heteroatoms. The highest BCUT2D eigenvalue weighted by Crippen LogP contribution is 2.45. The highest BCUT2D eigenvalue weighted by atomic mass is 16.1. The zero-order chi connectivity index (χ0) is 10.2. The maximum Gasteiger partial charge on any atom is 0.160 e. The fraction of sp³-hybridized carbons (Fsp3) is 0.462. The quantitative estimate of drug-likeness (QED) is 0.617. The fourth-order valence-electron chi connectivity index (χ4n) is 2.33. The molecular formula is C13H16O. The lowest BCUT2D eigenvalue weighted by atomic mass is 9.80. The van der Waals surface area contributed by atoms with Crippen molar-refractivity contribution in [2.75, 3.05) is 0 Å². The van der Waals surface area contributed by atoms with Crippen molar-refractivity contribution in [3.63, 3.8) is 0 Å². The van der Waals surface area contributed by atoms with Crippen LogP contribution in [0.4, 0.5) is 0 Å². The van der Waals surface area contributed by atoms with Crippen LogP contribution in [0.25, 0.3) is 0 Å². The van der Waals surface area contributed by atoms with Crippen LogP contribution in [0.2, 0.25) is 0 Å². The average molecular weight is 188 g/mol. The maximum absolute atomic E-state index is 11.8. The van der Waals surface area contributed by atoms with Crippen molar-refractivity contribution in [3.05, 3.63) is 35.5 Å². The largest absolute Gasteiger partial charge is 0.294 e. The molecule has 0 saturated carbocycles. The minimum atomic E-state index is 0.0922. The van der Waals surface area contributed by atoms with Gasteiger partial charge in [0, 0.05) is 12.0 Å². The normalized spacial score (nSPS) is 30.9. The van der Waals surface area contributed by atoms with E-state index in [1.807, 2.05) is 6.08 Å². The summed E-state index contributed by atoms with van der Waals surface area (Å²) in [5.74, 6) is 0.348. The first-order chi connectivity index (χ1) is 6.67. The van der Waals surface area contributed by atoms with Crippen LogP contribution in [0.3, 0.4) is 0 Å². The predicted octanol–water partition coefficient (Wildman–Crippen LogP) is 3.19. The van der Waals surface area contributed by atoms with Crippen LogP contribution >= 0.6 is 0 Å². The lowest BCUT2D eigenvalue weighted by Crippen LogP contribution is -2.14. The predicted molar refractivity (Wildman–Crippen MR) is 57.9 cm³/mol. The molecule has 74 valence electrons. The third kappa shape index (κ3) is 1.28. The van der Waals surface area contributed by atoms with Gasteiger partial charge in [0.05, 0.1) is 0 Å². The molecule has 1 nitrogen and oxygen atoms in total. The molecule has 1 unspecified atom stereocenters. The Balaban J connectivity index is 2.48. The number of Topliss-reactive ketones (excluding diaryl/α,β-unsaturated/α-hetero) is 1. The van der Waals surface area contributed by atoms with Gasteiger partial charge in [0.2, 0.25) is 0 Å². The number of rotatable bonds is 1. The fourth-order valence-corrected chi connectivity index (χ4v) is 2.33. The Labute approximate surface area is 85.2 Å². The van der Waals surface area contributed by atoms with Crippen molar-refractivity contribution < 1.29 is 4.79 Å². The summed E-state index contributed by atoms with van der Waals surface area (Å²) in [5.41, 5.74) is 2.41. The molecule has 0 spiro atoms. The smallest absolute Gasteiger partial charge is 0.160 e. The molecule has 0 heterocycles. The van der Waals surface area contributed by atoms with Gasteiger partial charge in [-0.2, -0.15) is 0 Å². The molecule has 0 saturated heterocycles. The zero-order valence-corrected chi connectivity index (χ0v) is 8.84. The maximum atomic E-state index is 11.8. The molecule has 0 aromatic rings. The summed E-state index contributed by atoms with van der Waals surface area (Å²) in [7, 11) is 0. The molecule has 1 atom stereocenters. The summed E-state index contributed by atoms with van der Waals surface area (Å²) >= 11 is 0. The summed E-state index contributed by atoms with van der Waals surface area (Å²) in [4.78, 5) is 11.8. The standard InChI is InChI=1S/C13H16O/c1-3-13(2)9-12(14)10-7-5-4-6-8-11(10)13/h4-6,8H,3,7,9H2,1-2H3. The van der Waals surface area contributed by atoms with Gasteiger partial charge in [0.1, 0.15) is 0 Å². The van der Waals surface area contributed by atoms with Crippen molar-refractivity contribution in [1.82, 2.24) is 0 Å². The van der Waals surface area contributed by atoms with Crippen LogP contribution in [-0.2, 0) is 4.79 Å². The first-order valence-corrected chi connectivity index (χ1v) is 5.27. The lowest BCUT2D eigenvalue weighted by molar-refractivity contribution is -0.116. The second-order valence-corrected chi connectivity index (χ2v) is 4.40. The topological polar surface area (TPSA) is 17.1 Å². The Kier molecular flexibility index (Phi) is 2.18. The monoisotopic (exact) mass is 188 g/mol. The number of hydrogen-bond donors (Lipinski definition) is 0. The minimum absolute atomic E-state index is 0.0922. The van der Waals surface area contributed by atoms with E-state index >= 15 is 0 Å². The Hall–Kier alpha value is -1.11. The van der Waals surface area contributed by atoms with Gasteiger partial charge in [-0.3, -0.25) is 4.79 Å². The highest BCUT2D eigenvalue weighted by molar-refractivity contribution is 6.01. The molecule has 2 aliphatic rings. The zero-order valence-electron chi connectivity index (χ0n) is 8.84.